The van der Waals surface area contributed by atoms with Gasteiger partial charge in [-0.3, -0.25) is 9.69 Å². The van der Waals surface area contributed by atoms with Crippen molar-refractivity contribution in [2.24, 2.45) is 0 Å². The molecule has 2 unspecified atom stereocenters. The van der Waals surface area contributed by atoms with Crippen LogP contribution in [0.1, 0.15) is 58.4 Å². The van der Waals surface area contributed by atoms with Gasteiger partial charge in [-0.05, 0) is 80.6 Å². The van der Waals surface area contributed by atoms with Crippen LogP contribution in [0.4, 0.5) is 13.2 Å². The normalized spacial score (nSPS) is 20.2. The van der Waals surface area contributed by atoms with E-state index in [0.29, 0.717) is 32.8 Å². The molecule has 35 heavy (non-hydrogen) atoms. The van der Waals surface area contributed by atoms with E-state index in [1.807, 2.05) is 6.07 Å². The first-order valence-electron chi connectivity index (χ1n) is 12.2. The highest BCUT2D eigenvalue weighted by Crippen LogP contribution is 2.32. The Kier molecular flexibility index (Phi) is 7.71. The Morgan fingerprint density at radius 3 is 2.34 bits per heavy atom. The minimum atomic E-state index is -4.41. The number of carbonyl (C=O) groups excluding carboxylic acids is 1. The highest BCUT2D eigenvalue weighted by Gasteiger charge is 2.31. The van der Waals surface area contributed by atoms with E-state index in [1.165, 1.54) is 23.3 Å². The van der Waals surface area contributed by atoms with Crippen LogP contribution < -0.4 is 4.74 Å². The molecule has 2 saturated heterocycles. The molecule has 2 aliphatic heterocycles. The van der Waals surface area contributed by atoms with Crippen molar-refractivity contribution < 1.29 is 27.4 Å². The molecule has 2 aromatic carbocycles. The van der Waals surface area contributed by atoms with Gasteiger partial charge in [0.15, 0.2) is 0 Å². The summed E-state index contributed by atoms with van der Waals surface area (Å²) in [7, 11) is 0. The molecule has 190 valence electrons. The Morgan fingerprint density at radius 1 is 1.06 bits per heavy atom. The van der Waals surface area contributed by atoms with Crippen molar-refractivity contribution in [2.45, 2.75) is 51.9 Å². The molecule has 0 aliphatic carbocycles. The maximum Gasteiger partial charge on any atom is 0.416 e. The van der Waals surface area contributed by atoms with Gasteiger partial charge in [0.25, 0.3) is 5.91 Å². The highest BCUT2D eigenvalue weighted by atomic mass is 19.4. The Balaban J connectivity index is 1.35. The van der Waals surface area contributed by atoms with Gasteiger partial charge in [-0.25, -0.2) is 0 Å². The molecule has 0 bridgehead atoms. The first-order valence-corrected chi connectivity index (χ1v) is 12.2. The van der Waals surface area contributed by atoms with E-state index in [1.54, 1.807) is 4.90 Å². The van der Waals surface area contributed by atoms with Crippen molar-refractivity contribution in [3.05, 3.63) is 64.2 Å². The van der Waals surface area contributed by atoms with E-state index in [2.05, 4.69) is 31.7 Å². The van der Waals surface area contributed by atoms with E-state index < -0.39 is 11.7 Å². The summed E-state index contributed by atoms with van der Waals surface area (Å²) in [6.07, 6.45) is -2.10. The molecule has 1 amide bonds. The van der Waals surface area contributed by atoms with Crippen molar-refractivity contribution in [3.8, 4) is 5.75 Å². The van der Waals surface area contributed by atoms with E-state index in [-0.39, 0.29) is 23.6 Å². The van der Waals surface area contributed by atoms with Gasteiger partial charge in [0, 0.05) is 44.4 Å². The molecule has 0 aromatic heterocycles. The number of rotatable bonds is 6. The number of benzene rings is 2. The van der Waals surface area contributed by atoms with Crippen LogP contribution in [-0.2, 0) is 10.9 Å². The summed E-state index contributed by atoms with van der Waals surface area (Å²) in [5, 5.41) is 0. The molecule has 2 aromatic rings. The second kappa shape index (κ2) is 10.6. The molecular formula is C27H33F3N2O3. The number of carbonyl (C=O) groups is 1. The summed E-state index contributed by atoms with van der Waals surface area (Å²) < 4.78 is 50.1. The fourth-order valence-corrected chi connectivity index (χ4v) is 4.88. The molecule has 0 saturated carbocycles. The fraction of sp³-hybridized carbons (Fsp3) is 0.519. The van der Waals surface area contributed by atoms with Crippen LogP contribution in [0.15, 0.2) is 36.4 Å². The second-order valence-electron chi connectivity index (χ2n) is 9.43. The summed E-state index contributed by atoms with van der Waals surface area (Å²) in [5.41, 5.74) is 3.09. The summed E-state index contributed by atoms with van der Waals surface area (Å²) in [4.78, 5) is 16.9. The number of amides is 1. The third-order valence-electron chi connectivity index (χ3n) is 7.29. The minimum absolute atomic E-state index is 0.171. The van der Waals surface area contributed by atoms with E-state index in [4.69, 9.17) is 9.47 Å². The molecule has 8 heteroatoms. The number of alkyl halides is 3. The summed E-state index contributed by atoms with van der Waals surface area (Å²) >= 11 is 0. The molecule has 4 rings (SSSR count). The molecular weight excluding hydrogens is 457 g/mol. The molecule has 2 heterocycles. The third-order valence-corrected chi connectivity index (χ3v) is 7.29. The molecule has 0 spiro atoms. The van der Waals surface area contributed by atoms with Crippen LogP contribution >= 0.6 is 0 Å². The average Bonchev–Trinajstić information content (AvgIpc) is 3.37. The van der Waals surface area contributed by atoms with Crippen LogP contribution in [0.3, 0.4) is 0 Å². The predicted octanol–water partition coefficient (Wildman–Crippen LogP) is 5.40. The smallest absolute Gasteiger partial charge is 0.416 e. The van der Waals surface area contributed by atoms with Crippen LogP contribution in [0.25, 0.3) is 0 Å². The summed E-state index contributed by atoms with van der Waals surface area (Å²) in [5.74, 6) is 0.659. The first kappa shape index (κ1) is 25.5. The average molecular weight is 491 g/mol. The topological polar surface area (TPSA) is 42.0 Å². The van der Waals surface area contributed by atoms with Gasteiger partial charge in [0.1, 0.15) is 12.4 Å². The lowest BCUT2D eigenvalue weighted by atomic mass is 9.96. The third kappa shape index (κ3) is 5.81. The van der Waals surface area contributed by atoms with Crippen molar-refractivity contribution in [2.75, 3.05) is 39.4 Å². The van der Waals surface area contributed by atoms with Gasteiger partial charge in [-0.15, -0.1) is 0 Å². The molecule has 0 N–H and O–H groups in total. The van der Waals surface area contributed by atoms with E-state index >= 15 is 0 Å². The first-order chi connectivity index (χ1) is 16.6. The minimum Gasteiger partial charge on any atom is -0.491 e. The molecule has 2 aliphatic rings. The Labute approximate surface area is 204 Å². The maximum atomic E-state index is 12.8. The number of halogens is 3. The summed E-state index contributed by atoms with van der Waals surface area (Å²) in [6, 6.07) is 8.77. The molecule has 5 nitrogen and oxygen atoms in total. The lowest BCUT2D eigenvalue weighted by molar-refractivity contribution is -0.137. The predicted molar refractivity (Wildman–Crippen MR) is 128 cm³/mol. The Bertz CT molecular complexity index is 1030. The zero-order valence-electron chi connectivity index (χ0n) is 20.5. The summed E-state index contributed by atoms with van der Waals surface area (Å²) in [6.45, 7) is 10.2. The number of piperazine rings is 1. The van der Waals surface area contributed by atoms with E-state index in [9.17, 15) is 18.0 Å². The van der Waals surface area contributed by atoms with Gasteiger partial charge in [-0.2, -0.15) is 13.2 Å². The fourth-order valence-electron chi connectivity index (χ4n) is 4.88. The van der Waals surface area contributed by atoms with Crippen molar-refractivity contribution >= 4 is 5.91 Å². The number of hydrogen-bond donors (Lipinski definition) is 0. The number of ether oxygens (including phenoxy) is 2. The zero-order valence-corrected chi connectivity index (χ0v) is 20.5. The largest absolute Gasteiger partial charge is 0.491 e. The second-order valence-corrected chi connectivity index (χ2v) is 9.43. The lowest BCUT2D eigenvalue weighted by Gasteiger charge is -2.39. The van der Waals surface area contributed by atoms with Crippen molar-refractivity contribution in [1.82, 2.24) is 9.80 Å². The van der Waals surface area contributed by atoms with E-state index in [0.717, 1.165) is 42.9 Å². The zero-order chi connectivity index (χ0) is 25.2. The van der Waals surface area contributed by atoms with Crippen LogP contribution in [0.5, 0.6) is 5.75 Å². The number of nitrogens with zero attached hydrogens (tertiary/aromatic N) is 2. The van der Waals surface area contributed by atoms with Gasteiger partial charge in [0.2, 0.25) is 0 Å². The Morgan fingerprint density at radius 2 is 1.74 bits per heavy atom. The SMILES string of the molecule is Cc1c(OCC2CCCO2)ccc(C(C)N2CCN(C(=O)c3ccc(C(F)(F)F)cc3)CC2)c1C. The van der Waals surface area contributed by atoms with Crippen LogP contribution in [0, 0.1) is 13.8 Å². The molecule has 0 radical (unpaired) electrons. The lowest BCUT2D eigenvalue weighted by Crippen LogP contribution is -2.49. The molecule has 2 fully saturated rings. The van der Waals surface area contributed by atoms with Gasteiger partial charge < -0.3 is 14.4 Å². The quantitative estimate of drug-likeness (QED) is 0.544. The Hall–Kier alpha value is -2.58. The van der Waals surface area contributed by atoms with Gasteiger partial charge >= 0.3 is 6.18 Å². The van der Waals surface area contributed by atoms with Gasteiger partial charge in [0.05, 0.1) is 11.7 Å². The van der Waals surface area contributed by atoms with Crippen LogP contribution in [0.2, 0.25) is 0 Å². The number of hydrogen-bond acceptors (Lipinski definition) is 4. The van der Waals surface area contributed by atoms with Gasteiger partial charge in [-0.1, -0.05) is 6.07 Å². The molecule has 2 atom stereocenters. The highest BCUT2D eigenvalue weighted by molar-refractivity contribution is 5.94. The maximum absolute atomic E-state index is 12.8. The van der Waals surface area contributed by atoms with Crippen molar-refractivity contribution in [1.29, 1.82) is 0 Å². The standard InChI is InChI=1S/C27H33F3N2O3/c1-18-19(2)25(35-17-23-5-4-16-34-23)11-10-24(18)20(3)31-12-14-32(15-13-31)26(33)21-6-8-22(9-7-21)27(28,29)30/h6-11,20,23H,4-5,12-17H2,1-3H3. The van der Waals surface area contributed by atoms with Crippen molar-refractivity contribution in [3.63, 3.8) is 0 Å². The van der Waals surface area contributed by atoms with Crippen LogP contribution in [-0.4, -0.2) is 61.2 Å². The monoisotopic (exact) mass is 490 g/mol.